The van der Waals surface area contributed by atoms with E-state index in [2.05, 4.69) is 63.2 Å². The monoisotopic (exact) mass is 286 g/mol. The zero-order valence-electron chi connectivity index (χ0n) is 12.4. The van der Waals surface area contributed by atoms with E-state index in [0.717, 1.165) is 18.6 Å². The Balaban J connectivity index is 2.17. The summed E-state index contributed by atoms with van der Waals surface area (Å²) in [6.07, 6.45) is 2.38. The molecule has 0 aliphatic carbocycles. The molecule has 0 atom stereocenters. The Morgan fingerprint density at radius 2 is 1.60 bits per heavy atom. The Morgan fingerprint density at radius 3 is 2.25 bits per heavy atom. The third kappa shape index (κ3) is 4.04. The van der Waals surface area contributed by atoms with Gasteiger partial charge >= 0.3 is 0 Å². The number of aryl methyl sites for hydroxylation is 1. The molecule has 0 saturated heterocycles. The van der Waals surface area contributed by atoms with E-state index in [1.165, 1.54) is 15.4 Å². The van der Waals surface area contributed by atoms with Crippen LogP contribution in [0.3, 0.4) is 0 Å². The van der Waals surface area contributed by atoms with Gasteiger partial charge in [0.1, 0.15) is 5.75 Å². The van der Waals surface area contributed by atoms with Gasteiger partial charge in [0, 0.05) is 4.90 Å². The minimum atomic E-state index is 0.301. The SMILES string of the molecule is CCC(CC)Oc1ccccc1Sc1ccc(C)cc1. The first-order valence-electron chi connectivity index (χ1n) is 7.23. The first-order chi connectivity index (χ1) is 9.72. The normalized spacial score (nSPS) is 10.8. The molecule has 0 unspecified atom stereocenters. The van der Waals surface area contributed by atoms with Crippen molar-refractivity contribution in [1.82, 2.24) is 0 Å². The van der Waals surface area contributed by atoms with Gasteiger partial charge in [-0.05, 0) is 44.0 Å². The molecule has 20 heavy (non-hydrogen) atoms. The van der Waals surface area contributed by atoms with Gasteiger partial charge < -0.3 is 4.74 Å². The molecule has 2 aromatic carbocycles. The Hall–Kier alpha value is -1.41. The van der Waals surface area contributed by atoms with Crippen LogP contribution in [-0.4, -0.2) is 6.10 Å². The average molecular weight is 286 g/mol. The molecule has 0 spiro atoms. The number of hydrogen-bond acceptors (Lipinski definition) is 2. The summed E-state index contributed by atoms with van der Waals surface area (Å²) in [5.41, 5.74) is 1.29. The van der Waals surface area contributed by atoms with Crippen LogP contribution >= 0.6 is 11.8 Å². The predicted molar refractivity (Wildman–Crippen MR) is 86.7 cm³/mol. The number of benzene rings is 2. The summed E-state index contributed by atoms with van der Waals surface area (Å²) in [5, 5.41) is 0. The molecule has 2 aromatic rings. The van der Waals surface area contributed by atoms with Crippen LogP contribution in [0, 0.1) is 6.92 Å². The molecule has 0 amide bonds. The van der Waals surface area contributed by atoms with E-state index in [0.29, 0.717) is 6.10 Å². The molecule has 0 saturated carbocycles. The Kier molecular flexibility index (Phi) is 5.54. The minimum Gasteiger partial charge on any atom is -0.489 e. The van der Waals surface area contributed by atoms with Crippen LogP contribution in [0.15, 0.2) is 58.3 Å². The number of hydrogen-bond donors (Lipinski definition) is 0. The molecule has 0 heterocycles. The molecule has 106 valence electrons. The molecule has 1 nitrogen and oxygen atoms in total. The van der Waals surface area contributed by atoms with Crippen molar-refractivity contribution in [3.8, 4) is 5.75 Å². The lowest BCUT2D eigenvalue weighted by molar-refractivity contribution is 0.188. The van der Waals surface area contributed by atoms with Crippen molar-refractivity contribution in [2.75, 3.05) is 0 Å². The molecule has 2 heteroatoms. The van der Waals surface area contributed by atoms with Crippen molar-refractivity contribution in [2.45, 2.75) is 49.5 Å². The molecule has 0 aromatic heterocycles. The summed E-state index contributed by atoms with van der Waals surface area (Å²) in [7, 11) is 0. The lowest BCUT2D eigenvalue weighted by atomic mass is 10.2. The van der Waals surface area contributed by atoms with Crippen molar-refractivity contribution < 1.29 is 4.74 Å². The van der Waals surface area contributed by atoms with Crippen LogP contribution in [-0.2, 0) is 0 Å². The summed E-state index contributed by atoms with van der Waals surface area (Å²) in [6.45, 7) is 6.45. The second-order valence-corrected chi connectivity index (χ2v) is 6.03. The molecule has 0 N–H and O–H groups in total. The van der Waals surface area contributed by atoms with E-state index in [1.807, 2.05) is 6.07 Å². The van der Waals surface area contributed by atoms with E-state index in [1.54, 1.807) is 11.8 Å². The van der Waals surface area contributed by atoms with Gasteiger partial charge in [0.2, 0.25) is 0 Å². The molecule has 0 bridgehead atoms. The lowest BCUT2D eigenvalue weighted by Crippen LogP contribution is -2.13. The van der Waals surface area contributed by atoms with E-state index >= 15 is 0 Å². The maximum absolute atomic E-state index is 6.12. The summed E-state index contributed by atoms with van der Waals surface area (Å²) in [6, 6.07) is 16.9. The third-order valence-corrected chi connectivity index (χ3v) is 4.37. The quantitative estimate of drug-likeness (QED) is 0.672. The van der Waals surface area contributed by atoms with Gasteiger partial charge in [0.05, 0.1) is 11.0 Å². The predicted octanol–water partition coefficient (Wildman–Crippen LogP) is 5.71. The third-order valence-electron chi connectivity index (χ3n) is 3.30. The van der Waals surface area contributed by atoms with Crippen LogP contribution in [0.2, 0.25) is 0 Å². The molecular weight excluding hydrogens is 264 g/mol. The Bertz CT molecular complexity index is 529. The van der Waals surface area contributed by atoms with Crippen LogP contribution in [0.5, 0.6) is 5.75 Å². The summed E-state index contributed by atoms with van der Waals surface area (Å²) in [5.74, 6) is 0.992. The van der Waals surface area contributed by atoms with Crippen LogP contribution in [0.4, 0.5) is 0 Å². The van der Waals surface area contributed by atoms with Gasteiger partial charge in [-0.3, -0.25) is 0 Å². The highest BCUT2D eigenvalue weighted by atomic mass is 32.2. The Morgan fingerprint density at radius 1 is 0.950 bits per heavy atom. The van der Waals surface area contributed by atoms with Gasteiger partial charge in [0.25, 0.3) is 0 Å². The lowest BCUT2D eigenvalue weighted by Gasteiger charge is -2.18. The highest BCUT2D eigenvalue weighted by molar-refractivity contribution is 7.99. The van der Waals surface area contributed by atoms with Crippen molar-refractivity contribution in [3.63, 3.8) is 0 Å². The minimum absolute atomic E-state index is 0.301. The topological polar surface area (TPSA) is 9.23 Å². The standard InChI is InChI=1S/C18H22OS/c1-4-15(5-2)19-17-8-6-7-9-18(17)20-16-12-10-14(3)11-13-16/h6-13,15H,4-5H2,1-3H3. The first kappa shape index (κ1) is 15.0. The van der Waals surface area contributed by atoms with Gasteiger partial charge in [-0.25, -0.2) is 0 Å². The van der Waals surface area contributed by atoms with Gasteiger partial charge in [0.15, 0.2) is 0 Å². The number of ether oxygens (including phenoxy) is 1. The van der Waals surface area contributed by atoms with Crippen molar-refractivity contribution in [2.24, 2.45) is 0 Å². The van der Waals surface area contributed by atoms with Crippen molar-refractivity contribution in [3.05, 3.63) is 54.1 Å². The number of para-hydroxylation sites is 1. The summed E-state index contributed by atoms with van der Waals surface area (Å²) >= 11 is 1.76. The largest absolute Gasteiger partial charge is 0.489 e. The van der Waals surface area contributed by atoms with Crippen LogP contribution in [0.25, 0.3) is 0 Å². The van der Waals surface area contributed by atoms with Gasteiger partial charge in [-0.1, -0.05) is 55.4 Å². The molecule has 0 radical (unpaired) electrons. The fourth-order valence-electron chi connectivity index (χ4n) is 2.00. The van der Waals surface area contributed by atoms with Gasteiger partial charge in [-0.2, -0.15) is 0 Å². The number of rotatable bonds is 6. The fourth-order valence-corrected chi connectivity index (χ4v) is 2.89. The summed E-state index contributed by atoms with van der Waals surface area (Å²) in [4.78, 5) is 2.43. The average Bonchev–Trinajstić information content (AvgIpc) is 2.48. The highest BCUT2D eigenvalue weighted by Crippen LogP contribution is 2.35. The zero-order chi connectivity index (χ0) is 14.4. The molecular formula is C18H22OS. The van der Waals surface area contributed by atoms with E-state index in [-0.39, 0.29) is 0 Å². The molecule has 0 aliphatic rings. The first-order valence-corrected chi connectivity index (χ1v) is 8.04. The summed E-state index contributed by atoms with van der Waals surface area (Å²) < 4.78 is 6.12. The molecule has 0 fully saturated rings. The molecule has 0 aliphatic heterocycles. The second-order valence-electron chi connectivity index (χ2n) is 4.92. The van der Waals surface area contributed by atoms with E-state index in [9.17, 15) is 0 Å². The maximum Gasteiger partial charge on any atom is 0.133 e. The highest BCUT2D eigenvalue weighted by Gasteiger charge is 2.10. The van der Waals surface area contributed by atoms with Gasteiger partial charge in [-0.15, -0.1) is 0 Å². The molecule has 2 rings (SSSR count). The maximum atomic E-state index is 6.12. The van der Waals surface area contributed by atoms with E-state index < -0.39 is 0 Å². The zero-order valence-corrected chi connectivity index (χ0v) is 13.2. The van der Waals surface area contributed by atoms with Crippen molar-refractivity contribution >= 4 is 11.8 Å². The van der Waals surface area contributed by atoms with Crippen molar-refractivity contribution in [1.29, 1.82) is 0 Å². The second kappa shape index (κ2) is 7.39. The smallest absolute Gasteiger partial charge is 0.133 e. The van der Waals surface area contributed by atoms with Crippen LogP contribution in [0.1, 0.15) is 32.3 Å². The van der Waals surface area contributed by atoms with E-state index in [4.69, 9.17) is 4.74 Å². The van der Waals surface area contributed by atoms with Crippen LogP contribution < -0.4 is 4.74 Å². The Labute approximate surface area is 126 Å². The fraction of sp³-hybridized carbons (Fsp3) is 0.333.